The van der Waals surface area contributed by atoms with E-state index in [4.69, 9.17) is 9.54 Å². The molecule has 2 aromatic carbocycles. The van der Waals surface area contributed by atoms with E-state index in [1.165, 1.54) is 11.6 Å². The molecule has 49 heavy (non-hydrogen) atoms. The number of halogens is 2. The molecule has 1 aliphatic rings. The third-order valence-electron chi connectivity index (χ3n) is 8.30. The number of benzene rings is 2. The van der Waals surface area contributed by atoms with Crippen molar-refractivity contribution in [2.24, 2.45) is 0 Å². The molecule has 0 fully saturated rings. The summed E-state index contributed by atoms with van der Waals surface area (Å²) in [5.41, 5.74) is 5.64. The van der Waals surface area contributed by atoms with Crippen molar-refractivity contribution in [2.45, 2.75) is 65.4 Å². The molecular formula is C35H41F2N7O3S2. The minimum atomic E-state index is -4.08. The van der Waals surface area contributed by atoms with Crippen LogP contribution in [0, 0.1) is 39.3 Å². The monoisotopic (exact) mass is 709 g/mol. The first-order valence-corrected chi connectivity index (χ1v) is 18.7. The van der Waals surface area contributed by atoms with E-state index in [-0.39, 0.29) is 28.1 Å². The van der Waals surface area contributed by atoms with E-state index in [0.717, 1.165) is 49.3 Å². The van der Waals surface area contributed by atoms with Gasteiger partial charge in [0, 0.05) is 49.1 Å². The summed E-state index contributed by atoms with van der Waals surface area (Å²) in [6.07, 6.45) is 4.09. The van der Waals surface area contributed by atoms with E-state index in [0.29, 0.717) is 33.8 Å². The van der Waals surface area contributed by atoms with Crippen LogP contribution in [0.1, 0.15) is 53.7 Å². The largest absolute Gasteiger partial charge is 0.326 e. The lowest BCUT2D eigenvalue weighted by molar-refractivity contribution is 0.268. The SMILES string of the molecule is CSCCN1CCc2nc(Nc3ncc(F)c(-c4cc(F)c5nc(C)n(C(C)C)c5c4)n3)ccc2C1.Cc1cc(C)c(S(=O)(=O)O)c(C)c1. The first-order valence-electron chi connectivity index (χ1n) is 15.9. The van der Waals surface area contributed by atoms with Crippen molar-refractivity contribution in [3.05, 3.63) is 88.0 Å². The molecule has 2 N–H and O–H groups in total. The fourth-order valence-corrected chi connectivity index (χ4v) is 7.70. The molecule has 0 unspecified atom stereocenters. The number of aromatic nitrogens is 5. The summed E-state index contributed by atoms with van der Waals surface area (Å²) in [6, 6.07) is 10.5. The van der Waals surface area contributed by atoms with E-state index >= 15 is 0 Å². The average molecular weight is 710 g/mol. The molecular weight excluding hydrogens is 669 g/mol. The molecule has 0 spiro atoms. The van der Waals surface area contributed by atoms with Crippen LogP contribution in [0.15, 0.2) is 47.5 Å². The van der Waals surface area contributed by atoms with Crippen LogP contribution in [0.3, 0.4) is 0 Å². The molecule has 260 valence electrons. The van der Waals surface area contributed by atoms with Crippen LogP contribution in [-0.2, 0) is 23.1 Å². The lowest BCUT2D eigenvalue weighted by atomic mass is 10.1. The number of aryl methyl sites for hydroxylation is 4. The van der Waals surface area contributed by atoms with Crippen molar-refractivity contribution in [3.8, 4) is 11.3 Å². The van der Waals surface area contributed by atoms with Crippen molar-refractivity contribution in [1.82, 2.24) is 29.4 Å². The van der Waals surface area contributed by atoms with Crippen LogP contribution in [0.25, 0.3) is 22.3 Å². The Morgan fingerprint density at radius 1 is 1.00 bits per heavy atom. The molecule has 14 heteroatoms. The van der Waals surface area contributed by atoms with E-state index in [1.54, 1.807) is 32.0 Å². The summed E-state index contributed by atoms with van der Waals surface area (Å²) in [4.78, 5) is 20.0. The van der Waals surface area contributed by atoms with Gasteiger partial charge in [0.25, 0.3) is 10.1 Å². The third-order valence-corrected chi connectivity index (χ3v) is 10.1. The standard InChI is InChI=1S/C26H29F2N7S.C9H12O3S/c1-15(2)35-16(3)30-25-19(27)11-18(12-22(25)35)24-20(28)13-29-26(33-24)32-23-6-5-17-14-34(9-10-36-4)8-7-21(17)31-23;1-6-4-7(2)9(8(3)5-6)13(10,11)12/h5-6,11-13,15H,7-10,14H2,1-4H3,(H,29,31,32,33);4-5H,1-3H3,(H,10,11,12). The number of rotatable bonds is 8. The first-order chi connectivity index (χ1) is 23.2. The Hall–Kier alpha value is -3.98. The van der Waals surface area contributed by atoms with Crippen LogP contribution in [0.5, 0.6) is 0 Å². The molecule has 0 amide bonds. The minimum absolute atomic E-state index is 0.0184. The lowest BCUT2D eigenvalue weighted by Crippen LogP contribution is -2.32. The normalized spacial score (nSPS) is 13.4. The zero-order valence-electron chi connectivity index (χ0n) is 28.7. The number of imidazole rings is 1. The average Bonchev–Trinajstić information content (AvgIpc) is 3.36. The number of anilines is 2. The zero-order chi connectivity index (χ0) is 35.6. The summed E-state index contributed by atoms with van der Waals surface area (Å²) in [6.45, 7) is 14.0. The van der Waals surface area contributed by atoms with Gasteiger partial charge in [-0.2, -0.15) is 20.2 Å². The van der Waals surface area contributed by atoms with Gasteiger partial charge in [0.2, 0.25) is 5.95 Å². The van der Waals surface area contributed by atoms with Gasteiger partial charge in [0.15, 0.2) is 11.6 Å². The number of nitrogens with zero attached hydrogens (tertiary/aromatic N) is 6. The molecule has 0 atom stereocenters. The number of hydrogen-bond acceptors (Lipinski definition) is 9. The molecule has 10 nitrogen and oxygen atoms in total. The number of thioether (sulfide) groups is 1. The van der Waals surface area contributed by atoms with E-state index in [9.17, 15) is 17.2 Å². The molecule has 6 rings (SSSR count). The highest BCUT2D eigenvalue weighted by Gasteiger charge is 2.20. The molecule has 0 saturated carbocycles. The maximum Gasteiger partial charge on any atom is 0.295 e. The molecule has 0 bridgehead atoms. The van der Waals surface area contributed by atoms with Crippen molar-refractivity contribution in [2.75, 3.05) is 30.4 Å². The molecule has 1 aliphatic heterocycles. The molecule has 4 heterocycles. The Bertz CT molecular complexity index is 2100. The summed E-state index contributed by atoms with van der Waals surface area (Å²) in [7, 11) is -4.08. The van der Waals surface area contributed by atoms with Crippen molar-refractivity contribution in [3.63, 3.8) is 0 Å². The predicted molar refractivity (Wildman–Crippen MR) is 191 cm³/mol. The molecule has 0 radical (unpaired) electrons. The molecule has 5 aromatic rings. The second-order valence-corrected chi connectivity index (χ2v) is 14.8. The van der Waals surface area contributed by atoms with Crippen LogP contribution in [0.4, 0.5) is 20.5 Å². The smallest absolute Gasteiger partial charge is 0.295 e. The van der Waals surface area contributed by atoms with Gasteiger partial charge in [0.1, 0.15) is 22.9 Å². The van der Waals surface area contributed by atoms with Crippen LogP contribution in [0.2, 0.25) is 0 Å². The number of fused-ring (bicyclic) bond motifs is 2. The first kappa shape index (κ1) is 36.3. The fourth-order valence-electron chi connectivity index (χ4n) is 6.33. The van der Waals surface area contributed by atoms with Gasteiger partial charge < -0.3 is 9.88 Å². The van der Waals surface area contributed by atoms with Crippen LogP contribution < -0.4 is 5.32 Å². The number of pyridine rings is 1. The van der Waals surface area contributed by atoms with Gasteiger partial charge in [0.05, 0.1) is 16.6 Å². The van der Waals surface area contributed by atoms with Crippen molar-refractivity contribution < 1.29 is 21.8 Å². The Balaban J connectivity index is 0.000000304. The predicted octanol–water partition coefficient (Wildman–Crippen LogP) is 7.38. The summed E-state index contributed by atoms with van der Waals surface area (Å²) in [5.74, 6) is 1.47. The van der Waals surface area contributed by atoms with Gasteiger partial charge in [-0.25, -0.2) is 28.7 Å². The number of hydrogen-bond donors (Lipinski definition) is 2. The van der Waals surface area contributed by atoms with Gasteiger partial charge in [-0.1, -0.05) is 23.8 Å². The maximum absolute atomic E-state index is 15.0. The topological polar surface area (TPSA) is 126 Å². The second-order valence-electron chi connectivity index (χ2n) is 12.5. The van der Waals surface area contributed by atoms with Crippen molar-refractivity contribution >= 4 is 44.7 Å². The van der Waals surface area contributed by atoms with Crippen LogP contribution in [-0.4, -0.2) is 67.5 Å². The highest BCUT2D eigenvalue weighted by atomic mass is 32.2. The number of nitrogens with one attached hydrogen (secondary N) is 1. The Morgan fingerprint density at radius 2 is 1.71 bits per heavy atom. The van der Waals surface area contributed by atoms with E-state index in [1.807, 2.05) is 50.1 Å². The van der Waals surface area contributed by atoms with Gasteiger partial charge in [-0.15, -0.1) is 0 Å². The zero-order valence-corrected chi connectivity index (χ0v) is 30.3. The fraction of sp³-hybridized carbons (Fsp3) is 0.371. The van der Waals surface area contributed by atoms with Gasteiger partial charge in [-0.05, 0) is 82.7 Å². The van der Waals surface area contributed by atoms with Gasteiger partial charge >= 0.3 is 0 Å². The lowest BCUT2D eigenvalue weighted by Gasteiger charge is -2.28. The Kier molecular flexibility index (Phi) is 11.0. The Labute approximate surface area is 290 Å². The van der Waals surface area contributed by atoms with Crippen molar-refractivity contribution in [1.29, 1.82) is 0 Å². The van der Waals surface area contributed by atoms with E-state index in [2.05, 4.69) is 37.5 Å². The maximum atomic E-state index is 15.0. The minimum Gasteiger partial charge on any atom is -0.326 e. The third kappa shape index (κ3) is 8.26. The second kappa shape index (κ2) is 14.9. The molecule has 0 aliphatic carbocycles. The Morgan fingerprint density at radius 3 is 2.37 bits per heavy atom. The van der Waals surface area contributed by atoms with Crippen LogP contribution >= 0.6 is 11.8 Å². The summed E-state index contributed by atoms with van der Waals surface area (Å²) in [5, 5.41) is 3.09. The summed E-state index contributed by atoms with van der Waals surface area (Å²) >= 11 is 1.85. The molecule has 3 aromatic heterocycles. The van der Waals surface area contributed by atoms with Gasteiger partial charge in [-0.3, -0.25) is 9.45 Å². The molecule has 0 saturated heterocycles. The highest BCUT2D eigenvalue weighted by Crippen LogP contribution is 2.31. The quantitative estimate of drug-likeness (QED) is 0.158. The van der Waals surface area contributed by atoms with E-state index < -0.39 is 21.8 Å². The summed E-state index contributed by atoms with van der Waals surface area (Å²) < 4.78 is 62.5. The highest BCUT2D eigenvalue weighted by molar-refractivity contribution is 7.98.